The summed E-state index contributed by atoms with van der Waals surface area (Å²) in [7, 11) is 0. The summed E-state index contributed by atoms with van der Waals surface area (Å²) in [5.41, 5.74) is 0.828. The summed E-state index contributed by atoms with van der Waals surface area (Å²) in [6.07, 6.45) is 3.92. The average molecular weight is 182 g/mol. The van der Waals surface area contributed by atoms with Crippen molar-refractivity contribution in [2.75, 3.05) is 13.1 Å². The van der Waals surface area contributed by atoms with Crippen molar-refractivity contribution < 1.29 is 4.79 Å². The zero-order valence-corrected chi connectivity index (χ0v) is 8.39. The van der Waals surface area contributed by atoms with Gasteiger partial charge in [0.2, 0.25) is 5.91 Å². The van der Waals surface area contributed by atoms with Crippen LogP contribution in [-0.4, -0.2) is 25.0 Å². The van der Waals surface area contributed by atoms with Gasteiger partial charge < -0.3 is 10.6 Å². The molecular formula is C10H18N2O. The number of allylic oxidation sites excluding steroid dienone is 1. The number of amides is 1. The lowest BCUT2D eigenvalue weighted by Gasteiger charge is -2.11. The van der Waals surface area contributed by atoms with Gasteiger partial charge in [0.1, 0.15) is 0 Å². The molecule has 13 heavy (non-hydrogen) atoms. The number of carbonyl (C=O) groups excluding carboxylic acids is 1. The molecule has 3 heteroatoms. The summed E-state index contributed by atoms with van der Waals surface area (Å²) < 4.78 is 0. The Morgan fingerprint density at radius 3 is 3.00 bits per heavy atom. The lowest BCUT2D eigenvalue weighted by molar-refractivity contribution is -0.118. The van der Waals surface area contributed by atoms with Crippen molar-refractivity contribution in [2.24, 2.45) is 0 Å². The Bertz CT molecular complexity index is 205. The van der Waals surface area contributed by atoms with E-state index in [1.54, 1.807) is 0 Å². The molecule has 1 amide bonds. The molecule has 0 aromatic heterocycles. The maximum Gasteiger partial charge on any atom is 0.246 e. The summed E-state index contributed by atoms with van der Waals surface area (Å²) in [4.78, 5) is 11.5. The summed E-state index contributed by atoms with van der Waals surface area (Å²) in [5, 5.41) is 6.21. The molecule has 0 spiro atoms. The fraction of sp³-hybridized carbons (Fsp3) is 0.700. The van der Waals surface area contributed by atoms with Crippen molar-refractivity contribution in [3.05, 3.63) is 11.6 Å². The quantitative estimate of drug-likeness (QED) is 0.634. The van der Waals surface area contributed by atoms with Crippen LogP contribution in [0.5, 0.6) is 0 Å². The van der Waals surface area contributed by atoms with E-state index >= 15 is 0 Å². The Morgan fingerprint density at radius 2 is 2.46 bits per heavy atom. The van der Waals surface area contributed by atoms with Gasteiger partial charge in [0, 0.05) is 18.2 Å². The molecule has 0 radical (unpaired) electrons. The highest BCUT2D eigenvalue weighted by molar-refractivity contribution is 5.92. The Kier molecular flexibility index (Phi) is 3.96. The predicted octanol–water partition coefficient (Wildman–Crippen LogP) is 0.821. The third kappa shape index (κ3) is 3.19. The normalized spacial score (nSPS) is 23.2. The van der Waals surface area contributed by atoms with Crippen LogP contribution in [0, 0.1) is 0 Å². The molecule has 1 saturated heterocycles. The van der Waals surface area contributed by atoms with E-state index in [2.05, 4.69) is 10.6 Å². The SMILES string of the molecule is CCC=C(C)C(=O)N[C@H]1CCNC1. The molecule has 0 aliphatic carbocycles. The van der Waals surface area contributed by atoms with Gasteiger partial charge in [-0.25, -0.2) is 0 Å². The highest BCUT2D eigenvalue weighted by Gasteiger charge is 2.16. The fourth-order valence-electron chi connectivity index (χ4n) is 1.48. The third-order valence-corrected chi connectivity index (χ3v) is 2.26. The predicted molar refractivity (Wildman–Crippen MR) is 53.5 cm³/mol. The van der Waals surface area contributed by atoms with E-state index in [1.807, 2.05) is 19.9 Å². The Labute approximate surface area is 79.6 Å². The van der Waals surface area contributed by atoms with Crippen LogP contribution < -0.4 is 10.6 Å². The van der Waals surface area contributed by atoms with E-state index < -0.39 is 0 Å². The zero-order chi connectivity index (χ0) is 9.68. The molecule has 1 heterocycles. The second kappa shape index (κ2) is 5.02. The van der Waals surface area contributed by atoms with E-state index in [1.165, 1.54) is 0 Å². The van der Waals surface area contributed by atoms with Gasteiger partial charge in [-0.1, -0.05) is 13.0 Å². The maximum absolute atomic E-state index is 11.5. The van der Waals surface area contributed by atoms with E-state index in [9.17, 15) is 4.79 Å². The molecule has 0 aromatic rings. The van der Waals surface area contributed by atoms with E-state index in [0.29, 0.717) is 6.04 Å². The summed E-state index contributed by atoms with van der Waals surface area (Å²) in [5.74, 6) is 0.0792. The van der Waals surface area contributed by atoms with Crippen LogP contribution in [0.25, 0.3) is 0 Å². The highest BCUT2D eigenvalue weighted by Crippen LogP contribution is 2.00. The second-order valence-corrected chi connectivity index (χ2v) is 3.46. The smallest absolute Gasteiger partial charge is 0.246 e. The molecule has 1 rings (SSSR count). The molecule has 0 bridgehead atoms. The van der Waals surface area contributed by atoms with Crippen LogP contribution in [-0.2, 0) is 4.79 Å². The number of rotatable bonds is 3. The van der Waals surface area contributed by atoms with Gasteiger partial charge in [-0.3, -0.25) is 4.79 Å². The van der Waals surface area contributed by atoms with Crippen molar-refractivity contribution in [3.8, 4) is 0 Å². The zero-order valence-electron chi connectivity index (χ0n) is 8.39. The minimum Gasteiger partial charge on any atom is -0.348 e. The molecule has 3 nitrogen and oxygen atoms in total. The topological polar surface area (TPSA) is 41.1 Å². The Balaban J connectivity index is 2.35. The molecule has 0 unspecified atom stereocenters. The van der Waals surface area contributed by atoms with Crippen LogP contribution in [0.15, 0.2) is 11.6 Å². The summed E-state index contributed by atoms with van der Waals surface area (Å²) >= 11 is 0. The van der Waals surface area contributed by atoms with Crippen LogP contribution in [0.1, 0.15) is 26.7 Å². The minimum absolute atomic E-state index is 0.0792. The standard InChI is InChI=1S/C10H18N2O/c1-3-4-8(2)10(13)12-9-5-6-11-7-9/h4,9,11H,3,5-7H2,1-2H3,(H,12,13)/t9-/m0/s1. The van der Waals surface area contributed by atoms with Crippen molar-refractivity contribution in [2.45, 2.75) is 32.7 Å². The number of hydrogen-bond acceptors (Lipinski definition) is 2. The molecule has 1 atom stereocenters. The van der Waals surface area contributed by atoms with Gasteiger partial charge in [-0.05, 0) is 26.3 Å². The van der Waals surface area contributed by atoms with Crippen molar-refractivity contribution >= 4 is 5.91 Å². The lowest BCUT2D eigenvalue weighted by Crippen LogP contribution is -2.36. The van der Waals surface area contributed by atoms with Crippen molar-refractivity contribution in [1.82, 2.24) is 10.6 Å². The highest BCUT2D eigenvalue weighted by atomic mass is 16.1. The maximum atomic E-state index is 11.5. The molecule has 1 aliphatic heterocycles. The first-order valence-electron chi connectivity index (χ1n) is 4.92. The minimum atomic E-state index is 0.0792. The monoisotopic (exact) mass is 182 g/mol. The number of carbonyl (C=O) groups is 1. The van der Waals surface area contributed by atoms with E-state index in [-0.39, 0.29) is 5.91 Å². The molecule has 0 aromatic carbocycles. The van der Waals surface area contributed by atoms with E-state index in [4.69, 9.17) is 0 Å². The molecular weight excluding hydrogens is 164 g/mol. The van der Waals surface area contributed by atoms with Crippen LogP contribution in [0.3, 0.4) is 0 Å². The summed E-state index contributed by atoms with van der Waals surface area (Å²) in [6, 6.07) is 0.327. The van der Waals surface area contributed by atoms with Gasteiger partial charge in [-0.2, -0.15) is 0 Å². The van der Waals surface area contributed by atoms with Gasteiger partial charge in [-0.15, -0.1) is 0 Å². The molecule has 1 fully saturated rings. The van der Waals surface area contributed by atoms with E-state index in [0.717, 1.165) is 31.5 Å². The lowest BCUT2D eigenvalue weighted by atomic mass is 10.2. The number of nitrogens with one attached hydrogen (secondary N) is 2. The first-order chi connectivity index (χ1) is 6.24. The Morgan fingerprint density at radius 1 is 1.69 bits per heavy atom. The molecule has 1 aliphatic rings. The number of hydrogen-bond donors (Lipinski definition) is 2. The van der Waals surface area contributed by atoms with Gasteiger partial charge in [0.05, 0.1) is 0 Å². The molecule has 74 valence electrons. The Hall–Kier alpha value is -0.830. The second-order valence-electron chi connectivity index (χ2n) is 3.46. The van der Waals surface area contributed by atoms with Crippen LogP contribution in [0.2, 0.25) is 0 Å². The first kappa shape index (κ1) is 10.3. The fourth-order valence-corrected chi connectivity index (χ4v) is 1.48. The van der Waals surface area contributed by atoms with Crippen molar-refractivity contribution in [3.63, 3.8) is 0 Å². The van der Waals surface area contributed by atoms with Gasteiger partial charge in [0.15, 0.2) is 0 Å². The summed E-state index contributed by atoms with van der Waals surface area (Å²) in [6.45, 7) is 5.82. The molecule has 2 N–H and O–H groups in total. The molecule has 0 saturated carbocycles. The average Bonchev–Trinajstić information content (AvgIpc) is 2.57. The van der Waals surface area contributed by atoms with Gasteiger partial charge in [0.25, 0.3) is 0 Å². The van der Waals surface area contributed by atoms with Crippen LogP contribution >= 0.6 is 0 Å². The third-order valence-electron chi connectivity index (χ3n) is 2.26. The van der Waals surface area contributed by atoms with Crippen LogP contribution in [0.4, 0.5) is 0 Å². The largest absolute Gasteiger partial charge is 0.348 e. The first-order valence-corrected chi connectivity index (χ1v) is 4.92. The van der Waals surface area contributed by atoms with Crippen molar-refractivity contribution in [1.29, 1.82) is 0 Å². The van der Waals surface area contributed by atoms with Gasteiger partial charge >= 0.3 is 0 Å².